The Morgan fingerprint density at radius 1 is 0.795 bits per heavy atom. The molecule has 2 atom stereocenters. The Morgan fingerprint density at radius 2 is 1.21 bits per heavy atom. The number of carbonyl (C=O) groups excluding carboxylic acids is 1. The number of phenols is 2. The van der Waals surface area contributed by atoms with Crippen LogP contribution in [0.25, 0.3) is 0 Å². The van der Waals surface area contributed by atoms with Crippen LogP contribution in [-0.2, 0) is 27.2 Å². The lowest BCUT2D eigenvalue weighted by Crippen LogP contribution is -2.37. The predicted octanol–water partition coefficient (Wildman–Crippen LogP) is 6.00. The van der Waals surface area contributed by atoms with Crippen molar-refractivity contribution in [2.45, 2.75) is 104 Å². The smallest absolute Gasteiger partial charge is 0.305 e. The number of methoxy groups -OCH3 is 1. The van der Waals surface area contributed by atoms with Gasteiger partial charge in [0.05, 0.1) is 7.11 Å². The molecule has 2 unspecified atom stereocenters. The molecule has 0 radical (unpaired) electrons. The van der Waals surface area contributed by atoms with Crippen LogP contribution < -0.4 is 9.47 Å². The maximum Gasteiger partial charge on any atom is 0.305 e. The van der Waals surface area contributed by atoms with Crippen molar-refractivity contribution in [2.75, 3.05) is 7.11 Å². The molecule has 0 fully saturated rings. The number of ether oxygens (including phenoxy) is 3. The Hall–Kier alpha value is -3.42. The normalized spacial score (nSPS) is 21.3. The number of aliphatic carboxylic acids is 1. The van der Waals surface area contributed by atoms with E-state index in [2.05, 4.69) is 4.74 Å². The summed E-state index contributed by atoms with van der Waals surface area (Å²) in [5.74, 6) is 1.29. The van der Waals surface area contributed by atoms with Crippen LogP contribution in [0.3, 0.4) is 0 Å². The van der Waals surface area contributed by atoms with Gasteiger partial charge in [-0.3, -0.25) is 9.59 Å². The van der Waals surface area contributed by atoms with Gasteiger partial charge in [0, 0.05) is 12.8 Å². The molecular weight excluding hydrogens is 500 g/mol. The van der Waals surface area contributed by atoms with Crippen molar-refractivity contribution < 1.29 is 39.1 Å². The first kappa shape index (κ1) is 30.1. The second-order valence-electron chi connectivity index (χ2n) is 11.3. The topological polar surface area (TPSA) is 123 Å². The molecule has 39 heavy (non-hydrogen) atoms. The van der Waals surface area contributed by atoms with Crippen molar-refractivity contribution in [1.29, 1.82) is 0 Å². The highest BCUT2D eigenvalue weighted by Crippen LogP contribution is 2.43. The molecule has 0 saturated carbocycles. The molecule has 2 aliphatic heterocycles. The van der Waals surface area contributed by atoms with Crippen LogP contribution in [0.4, 0.5) is 0 Å². The van der Waals surface area contributed by atoms with Crippen molar-refractivity contribution >= 4 is 11.9 Å². The molecule has 8 heteroatoms. The number of benzene rings is 2. The molecule has 3 N–H and O–H groups in total. The van der Waals surface area contributed by atoms with E-state index in [-0.39, 0.29) is 18.0 Å². The van der Waals surface area contributed by atoms with E-state index in [1.165, 1.54) is 7.11 Å². The average molecular weight is 543 g/mol. The summed E-state index contributed by atoms with van der Waals surface area (Å²) < 4.78 is 16.9. The summed E-state index contributed by atoms with van der Waals surface area (Å²) in [6.45, 7) is 11.6. The minimum absolute atomic E-state index is 0.113. The van der Waals surface area contributed by atoms with Crippen LogP contribution in [0.5, 0.6) is 23.0 Å². The Labute approximate surface area is 230 Å². The lowest BCUT2D eigenvalue weighted by molar-refractivity contribution is -0.142. The van der Waals surface area contributed by atoms with E-state index < -0.39 is 11.6 Å². The van der Waals surface area contributed by atoms with Crippen molar-refractivity contribution in [2.24, 2.45) is 0 Å². The highest BCUT2D eigenvalue weighted by atomic mass is 16.5. The standard InChI is InChI=1S/C16H22O4.C15H20O4/c1-10-11(2)15-12(9-13(10)17)5-7-16(3,20-15)8-6-14(18)19-4;1-9-10(2)14-11(8-12(9)16)4-6-15(3,19-14)7-5-13(17)18/h9,17H,5-8H2,1-4H3;8,16H,4-7H2,1-3H3,(H,17,18). The van der Waals surface area contributed by atoms with E-state index in [9.17, 15) is 19.8 Å². The summed E-state index contributed by atoms with van der Waals surface area (Å²) in [4.78, 5) is 22.0. The number of fused-ring (bicyclic) bond motifs is 2. The predicted molar refractivity (Wildman–Crippen MR) is 148 cm³/mol. The fourth-order valence-corrected chi connectivity index (χ4v) is 5.12. The zero-order valence-corrected chi connectivity index (χ0v) is 24.2. The van der Waals surface area contributed by atoms with Gasteiger partial charge in [-0.1, -0.05) is 0 Å². The minimum atomic E-state index is -0.797. The van der Waals surface area contributed by atoms with Gasteiger partial charge in [-0.05, 0) is 126 Å². The lowest BCUT2D eigenvalue weighted by atomic mass is 9.87. The van der Waals surface area contributed by atoms with Crippen molar-refractivity contribution in [3.8, 4) is 23.0 Å². The first-order valence-corrected chi connectivity index (χ1v) is 13.5. The Bertz CT molecular complexity index is 1250. The molecule has 8 nitrogen and oxygen atoms in total. The van der Waals surface area contributed by atoms with Crippen LogP contribution in [0, 0.1) is 27.7 Å². The monoisotopic (exact) mass is 542 g/mol. The molecule has 0 bridgehead atoms. The van der Waals surface area contributed by atoms with Crippen LogP contribution >= 0.6 is 0 Å². The van der Waals surface area contributed by atoms with Crippen LogP contribution in [0.2, 0.25) is 0 Å². The van der Waals surface area contributed by atoms with Crippen molar-refractivity contribution in [3.63, 3.8) is 0 Å². The largest absolute Gasteiger partial charge is 0.508 e. The number of esters is 1. The SMILES string of the molecule is COC(=O)CCC1(C)CCc2cc(O)c(C)c(C)c2O1.Cc1c(O)cc2c(c1C)OC(C)(CCC(=O)O)CC2. The molecule has 0 aromatic heterocycles. The number of aryl methyl sites for hydroxylation is 2. The molecule has 0 amide bonds. The quantitative estimate of drug-likeness (QED) is 0.380. The average Bonchev–Trinajstić information content (AvgIpc) is 2.90. The van der Waals surface area contributed by atoms with Gasteiger partial charge in [0.25, 0.3) is 0 Å². The molecule has 2 aliphatic rings. The summed E-state index contributed by atoms with van der Waals surface area (Å²) >= 11 is 0. The van der Waals surface area contributed by atoms with Gasteiger partial charge >= 0.3 is 11.9 Å². The Kier molecular flexibility index (Phi) is 9.08. The molecule has 0 saturated heterocycles. The van der Waals surface area contributed by atoms with Crippen LogP contribution in [-0.4, -0.2) is 45.6 Å². The zero-order chi connectivity index (χ0) is 29.1. The third-order valence-corrected chi connectivity index (χ3v) is 8.28. The van der Waals surface area contributed by atoms with Gasteiger partial charge in [0.1, 0.15) is 34.2 Å². The van der Waals surface area contributed by atoms with E-state index >= 15 is 0 Å². The molecular formula is C31H42O8. The summed E-state index contributed by atoms with van der Waals surface area (Å²) in [5.41, 5.74) is 4.85. The second kappa shape index (κ2) is 11.8. The maximum atomic E-state index is 11.3. The van der Waals surface area contributed by atoms with Gasteiger partial charge in [-0.25, -0.2) is 0 Å². The second-order valence-corrected chi connectivity index (χ2v) is 11.3. The fraction of sp³-hybridized carbons (Fsp3) is 0.548. The highest BCUT2D eigenvalue weighted by Gasteiger charge is 2.35. The van der Waals surface area contributed by atoms with Gasteiger partial charge < -0.3 is 29.5 Å². The highest BCUT2D eigenvalue weighted by molar-refractivity contribution is 5.69. The molecule has 2 aromatic carbocycles. The number of rotatable bonds is 6. The third kappa shape index (κ3) is 6.97. The number of phenolic OH excluding ortho intramolecular Hbond substituents is 2. The van der Waals surface area contributed by atoms with E-state index in [1.54, 1.807) is 12.1 Å². The molecule has 0 aliphatic carbocycles. The van der Waals surface area contributed by atoms with Crippen LogP contribution in [0.15, 0.2) is 12.1 Å². The summed E-state index contributed by atoms with van der Waals surface area (Å²) in [6.07, 6.45) is 4.87. The molecule has 2 aromatic rings. The van der Waals surface area contributed by atoms with E-state index in [0.717, 1.165) is 70.6 Å². The Balaban J connectivity index is 0.000000216. The molecule has 2 heterocycles. The van der Waals surface area contributed by atoms with Gasteiger partial charge in [-0.15, -0.1) is 0 Å². The van der Waals surface area contributed by atoms with Gasteiger partial charge in [0.2, 0.25) is 0 Å². The molecule has 214 valence electrons. The maximum absolute atomic E-state index is 11.3. The number of hydrogen-bond acceptors (Lipinski definition) is 7. The lowest BCUT2D eigenvalue weighted by Gasteiger charge is -2.37. The van der Waals surface area contributed by atoms with E-state index in [4.69, 9.17) is 14.6 Å². The molecule has 0 spiro atoms. The summed E-state index contributed by atoms with van der Waals surface area (Å²) in [7, 11) is 1.40. The third-order valence-electron chi connectivity index (χ3n) is 8.28. The van der Waals surface area contributed by atoms with Crippen molar-refractivity contribution in [1.82, 2.24) is 0 Å². The van der Waals surface area contributed by atoms with E-state index in [1.807, 2.05) is 41.5 Å². The number of hydrogen-bond donors (Lipinski definition) is 3. The van der Waals surface area contributed by atoms with E-state index in [0.29, 0.717) is 30.8 Å². The van der Waals surface area contributed by atoms with Crippen molar-refractivity contribution in [3.05, 3.63) is 45.5 Å². The summed E-state index contributed by atoms with van der Waals surface area (Å²) in [5, 5.41) is 28.5. The Morgan fingerprint density at radius 3 is 1.59 bits per heavy atom. The summed E-state index contributed by atoms with van der Waals surface area (Å²) in [6, 6.07) is 3.55. The minimum Gasteiger partial charge on any atom is -0.508 e. The van der Waals surface area contributed by atoms with Gasteiger partial charge in [-0.2, -0.15) is 0 Å². The molecule has 4 rings (SSSR count). The number of carboxylic acids is 1. The van der Waals surface area contributed by atoms with Gasteiger partial charge in [0.15, 0.2) is 0 Å². The number of carbonyl (C=O) groups is 2. The first-order valence-electron chi connectivity index (χ1n) is 13.5. The fourth-order valence-electron chi connectivity index (χ4n) is 5.12. The van der Waals surface area contributed by atoms with Crippen LogP contribution in [0.1, 0.15) is 85.8 Å². The zero-order valence-electron chi connectivity index (χ0n) is 24.2. The number of carboxylic acid groups (broad SMARTS) is 1. The first-order chi connectivity index (χ1) is 18.2. The number of aromatic hydroxyl groups is 2.